The van der Waals surface area contributed by atoms with Crippen LogP contribution in [0.3, 0.4) is 0 Å². The Morgan fingerprint density at radius 3 is 2.94 bits per heavy atom. The molecule has 0 atom stereocenters. The summed E-state index contributed by atoms with van der Waals surface area (Å²) in [6.45, 7) is 0.605. The summed E-state index contributed by atoms with van der Waals surface area (Å²) in [5, 5.41) is 0. The number of aromatic nitrogens is 2. The van der Waals surface area contributed by atoms with Crippen molar-refractivity contribution < 1.29 is 4.74 Å². The van der Waals surface area contributed by atoms with Gasteiger partial charge in [-0.1, -0.05) is 15.9 Å². The van der Waals surface area contributed by atoms with Gasteiger partial charge in [0, 0.05) is 36.2 Å². The fraction of sp³-hybridized carbons (Fsp3) is 0.308. The molecule has 0 saturated carbocycles. The lowest BCUT2D eigenvalue weighted by molar-refractivity contribution is 0.317. The van der Waals surface area contributed by atoms with Crippen molar-refractivity contribution >= 4 is 27.5 Å². The number of alkyl halides is 1. The van der Waals surface area contributed by atoms with E-state index in [4.69, 9.17) is 16.3 Å². The van der Waals surface area contributed by atoms with Gasteiger partial charge in [0.1, 0.15) is 11.6 Å². The smallest absolute Gasteiger partial charge is 0.119 e. The largest absolute Gasteiger partial charge is 0.493 e. The molecule has 3 nitrogen and oxygen atoms in total. The van der Waals surface area contributed by atoms with Gasteiger partial charge in [-0.25, -0.2) is 4.98 Å². The molecule has 2 aromatic rings. The van der Waals surface area contributed by atoms with Crippen LogP contribution in [0.2, 0.25) is 0 Å². The van der Waals surface area contributed by atoms with Crippen LogP contribution in [0.1, 0.15) is 11.4 Å². The number of rotatable bonds is 5. The average molecular weight is 330 g/mol. The Labute approximate surface area is 120 Å². The summed E-state index contributed by atoms with van der Waals surface area (Å²) in [4.78, 5) is 4.25. The molecule has 0 amide bonds. The van der Waals surface area contributed by atoms with Crippen LogP contribution in [0.5, 0.6) is 5.75 Å². The second-order valence-electron chi connectivity index (χ2n) is 3.94. The van der Waals surface area contributed by atoms with E-state index in [1.54, 1.807) is 6.20 Å². The zero-order chi connectivity index (χ0) is 13.0. The van der Waals surface area contributed by atoms with E-state index in [1.165, 1.54) is 0 Å². The molecule has 1 heterocycles. The van der Waals surface area contributed by atoms with E-state index in [0.29, 0.717) is 12.5 Å². The van der Waals surface area contributed by atoms with Crippen molar-refractivity contribution in [2.75, 3.05) is 6.61 Å². The molecule has 0 saturated heterocycles. The van der Waals surface area contributed by atoms with Gasteiger partial charge < -0.3 is 9.30 Å². The Kier molecular flexibility index (Phi) is 4.66. The Morgan fingerprint density at radius 1 is 1.44 bits per heavy atom. The number of imidazole rings is 1. The zero-order valence-electron chi connectivity index (χ0n) is 10.1. The molecule has 1 aromatic heterocycles. The molecule has 0 spiro atoms. The molecule has 5 heteroatoms. The van der Waals surface area contributed by atoms with E-state index in [0.717, 1.165) is 28.0 Å². The average Bonchev–Trinajstić information content (AvgIpc) is 2.77. The summed E-state index contributed by atoms with van der Waals surface area (Å²) < 4.78 is 8.70. The van der Waals surface area contributed by atoms with Crippen molar-refractivity contribution in [3.8, 4) is 5.75 Å². The molecule has 96 valence electrons. The third-order valence-corrected chi connectivity index (χ3v) is 3.74. The van der Waals surface area contributed by atoms with Crippen LogP contribution in [0, 0.1) is 0 Å². The molecule has 2 rings (SSSR count). The lowest BCUT2D eigenvalue weighted by atomic mass is 10.2. The van der Waals surface area contributed by atoms with Gasteiger partial charge in [-0.05, 0) is 23.8 Å². The van der Waals surface area contributed by atoms with E-state index < -0.39 is 0 Å². The second-order valence-corrected chi connectivity index (χ2v) is 5.06. The quantitative estimate of drug-likeness (QED) is 0.785. The fourth-order valence-corrected chi connectivity index (χ4v) is 2.41. The van der Waals surface area contributed by atoms with Gasteiger partial charge in [0.15, 0.2) is 0 Å². The minimum absolute atomic E-state index is 0.469. The normalized spacial score (nSPS) is 10.6. The molecular weight excluding hydrogens is 316 g/mol. The maximum Gasteiger partial charge on any atom is 0.119 e. The van der Waals surface area contributed by atoms with Crippen LogP contribution in [0.15, 0.2) is 35.1 Å². The molecule has 0 N–H and O–H groups in total. The van der Waals surface area contributed by atoms with Gasteiger partial charge in [0.25, 0.3) is 0 Å². The van der Waals surface area contributed by atoms with Gasteiger partial charge in [-0.3, -0.25) is 0 Å². The number of hydrogen-bond donors (Lipinski definition) is 0. The van der Waals surface area contributed by atoms with Crippen LogP contribution >= 0.6 is 27.5 Å². The number of aryl methyl sites for hydroxylation is 1. The molecule has 0 fully saturated rings. The number of halogens is 2. The first-order valence-electron chi connectivity index (χ1n) is 5.64. The van der Waals surface area contributed by atoms with Gasteiger partial charge in [0.2, 0.25) is 0 Å². The van der Waals surface area contributed by atoms with Crippen LogP contribution in [-0.2, 0) is 19.3 Å². The Hall–Kier alpha value is -1.000. The topological polar surface area (TPSA) is 27.1 Å². The van der Waals surface area contributed by atoms with Gasteiger partial charge in [0.05, 0.1) is 6.61 Å². The fourth-order valence-electron chi connectivity index (χ4n) is 1.64. The molecule has 0 unspecified atom stereocenters. The summed E-state index contributed by atoms with van der Waals surface area (Å²) in [5.74, 6) is 2.32. The van der Waals surface area contributed by atoms with Gasteiger partial charge in [-0.2, -0.15) is 0 Å². The number of benzene rings is 1. The standard InChI is InChI=1S/C13H14BrClN2O/c1-17-6-5-16-13(17)4-7-18-11-2-3-12(14)10(8-11)9-15/h2-3,5-6,8H,4,7,9H2,1H3. The molecular formula is C13H14BrClN2O. The monoisotopic (exact) mass is 328 g/mol. The van der Waals surface area contributed by atoms with Crippen molar-refractivity contribution in [1.82, 2.24) is 9.55 Å². The first-order chi connectivity index (χ1) is 8.70. The second kappa shape index (κ2) is 6.25. The van der Waals surface area contributed by atoms with Crippen molar-refractivity contribution in [2.24, 2.45) is 7.05 Å². The minimum Gasteiger partial charge on any atom is -0.493 e. The molecule has 0 aliphatic rings. The summed E-state index contributed by atoms with van der Waals surface area (Å²) in [5.41, 5.74) is 1.03. The first kappa shape index (κ1) is 13.4. The summed E-state index contributed by atoms with van der Waals surface area (Å²) in [7, 11) is 1.98. The molecule has 0 radical (unpaired) electrons. The summed E-state index contributed by atoms with van der Waals surface area (Å²) >= 11 is 9.29. The van der Waals surface area contributed by atoms with E-state index in [1.807, 2.05) is 36.0 Å². The molecule has 1 aromatic carbocycles. The third kappa shape index (κ3) is 3.27. The van der Waals surface area contributed by atoms with Gasteiger partial charge in [-0.15, -0.1) is 11.6 Å². The van der Waals surface area contributed by atoms with E-state index in [-0.39, 0.29) is 0 Å². The Bertz CT molecular complexity index is 527. The lowest BCUT2D eigenvalue weighted by Crippen LogP contribution is -2.06. The summed E-state index contributed by atoms with van der Waals surface area (Å²) in [6, 6.07) is 5.84. The van der Waals surface area contributed by atoms with Crippen LogP contribution < -0.4 is 4.74 Å². The highest BCUT2D eigenvalue weighted by Crippen LogP contribution is 2.24. The highest BCUT2D eigenvalue weighted by Gasteiger charge is 2.03. The minimum atomic E-state index is 0.469. The highest BCUT2D eigenvalue weighted by atomic mass is 79.9. The van der Waals surface area contributed by atoms with Crippen molar-refractivity contribution in [2.45, 2.75) is 12.3 Å². The van der Waals surface area contributed by atoms with E-state index >= 15 is 0 Å². The van der Waals surface area contributed by atoms with E-state index in [2.05, 4.69) is 20.9 Å². The molecule has 18 heavy (non-hydrogen) atoms. The summed E-state index contributed by atoms with van der Waals surface area (Å²) in [6.07, 6.45) is 4.51. The first-order valence-corrected chi connectivity index (χ1v) is 6.97. The predicted molar refractivity (Wildman–Crippen MR) is 76.1 cm³/mol. The number of hydrogen-bond acceptors (Lipinski definition) is 2. The van der Waals surface area contributed by atoms with Crippen molar-refractivity contribution in [1.29, 1.82) is 0 Å². The van der Waals surface area contributed by atoms with Gasteiger partial charge >= 0.3 is 0 Å². The Balaban J connectivity index is 1.92. The number of ether oxygens (including phenoxy) is 1. The van der Waals surface area contributed by atoms with E-state index in [9.17, 15) is 0 Å². The maximum atomic E-state index is 5.84. The van der Waals surface area contributed by atoms with Crippen LogP contribution in [-0.4, -0.2) is 16.2 Å². The van der Waals surface area contributed by atoms with Crippen molar-refractivity contribution in [3.05, 3.63) is 46.5 Å². The molecule has 0 bridgehead atoms. The highest BCUT2D eigenvalue weighted by molar-refractivity contribution is 9.10. The maximum absolute atomic E-state index is 5.84. The van der Waals surface area contributed by atoms with Crippen LogP contribution in [0.25, 0.3) is 0 Å². The predicted octanol–water partition coefficient (Wildman–Crippen LogP) is 3.54. The Morgan fingerprint density at radius 2 is 2.28 bits per heavy atom. The third-order valence-electron chi connectivity index (χ3n) is 2.68. The zero-order valence-corrected chi connectivity index (χ0v) is 12.4. The SMILES string of the molecule is Cn1ccnc1CCOc1ccc(Br)c(CCl)c1. The van der Waals surface area contributed by atoms with Crippen molar-refractivity contribution in [3.63, 3.8) is 0 Å². The van der Waals surface area contributed by atoms with Crippen LogP contribution in [0.4, 0.5) is 0 Å². The lowest BCUT2D eigenvalue weighted by Gasteiger charge is -2.08. The number of nitrogens with zero attached hydrogens (tertiary/aromatic N) is 2. The molecule has 0 aliphatic heterocycles. The molecule has 0 aliphatic carbocycles.